The van der Waals surface area contributed by atoms with Gasteiger partial charge in [-0.2, -0.15) is 0 Å². The maximum Gasteiger partial charge on any atom is 0.164 e. The number of aromatic nitrogens is 4. The average Bonchev–Trinajstić information content (AvgIpc) is 3.37. The Hall–Kier alpha value is -7.91. The van der Waals surface area contributed by atoms with E-state index < -0.39 is 7.92 Å². The van der Waals surface area contributed by atoms with Gasteiger partial charge in [0.05, 0.1) is 11.2 Å². The quantitative estimate of drug-likeness (QED) is 0.107. The topological polar surface area (TPSA) is 51.6 Å². The molecule has 5 heteroatoms. The lowest BCUT2D eigenvalue weighted by Gasteiger charge is -2.19. The van der Waals surface area contributed by atoms with Crippen LogP contribution in [-0.4, -0.2) is 19.9 Å². The number of hydrogen-bond donors (Lipinski definition) is 0. The van der Waals surface area contributed by atoms with E-state index in [1.165, 1.54) is 32.4 Å². The normalized spacial score (nSPS) is 11.3. The first-order valence-electron chi connectivity index (χ1n) is 21.1. The van der Waals surface area contributed by atoms with Crippen molar-refractivity contribution in [2.24, 2.45) is 0 Å². The van der Waals surface area contributed by atoms with Gasteiger partial charge in [0.15, 0.2) is 17.5 Å². The van der Waals surface area contributed by atoms with Gasteiger partial charge in [-0.25, -0.2) is 19.9 Å². The number of para-hydroxylation sites is 1. The number of nitrogens with zero attached hydrogens (tertiary/aromatic N) is 4. The molecule has 63 heavy (non-hydrogen) atoms. The van der Waals surface area contributed by atoms with Crippen LogP contribution >= 0.6 is 7.92 Å². The highest BCUT2D eigenvalue weighted by Crippen LogP contribution is 2.41. The summed E-state index contributed by atoms with van der Waals surface area (Å²) in [5.41, 5.74) is 10.3. The Bertz CT molecular complexity index is 3310. The van der Waals surface area contributed by atoms with Crippen molar-refractivity contribution in [3.8, 4) is 67.7 Å². The third-order valence-electron chi connectivity index (χ3n) is 11.5. The van der Waals surface area contributed by atoms with Gasteiger partial charge >= 0.3 is 0 Å². The fourth-order valence-electron chi connectivity index (χ4n) is 8.50. The molecule has 0 atom stereocenters. The molecule has 2 aromatic heterocycles. The van der Waals surface area contributed by atoms with Crippen LogP contribution in [0, 0.1) is 0 Å². The zero-order valence-corrected chi connectivity index (χ0v) is 35.1. The summed E-state index contributed by atoms with van der Waals surface area (Å²) in [5, 5.41) is 7.33. The highest BCUT2D eigenvalue weighted by atomic mass is 31.1. The highest BCUT2D eigenvalue weighted by molar-refractivity contribution is 7.79. The van der Waals surface area contributed by atoms with E-state index in [-0.39, 0.29) is 0 Å². The summed E-state index contributed by atoms with van der Waals surface area (Å²) < 4.78 is 0. The Kier molecular flexibility index (Phi) is 10.2. The summed E-state index contributed by atoms with van der Waals surface area (Å²) in [4.78, 5) is 20.7. The van der Waals surface area contributed by atoms with E-state index in [0.717, 1.165) is 55.4 Å². The molecule has 11 aromatic rings. The molecule has 0 aliphatic rings. The second-order valence-corrected chi connectivity index (χ2v) is 17.6. The van der Waals surface area contributed by atoms with Gasteiger partial charge in [0.1, 0.15) is 0 Å². The third-order valence-corrected chi connectivity index (χ3v) is 14.0. The Morgan fingerprint density at radius 1 is 0.254 bits per heavy atom. The van der Waals surface area contributed by atoms with Crippen molar-refractivity contribution in [3.63, 3.8) is 0 Å². The van der Waals surface area contributed by atoms with Crippen LogP contribution in [0.25, 0.3) is 89.4 Å². The van der Waals surface area contributed by atoms with Gasteiger partial charge in [-0.3, -0.25) is 0 Å². The van der Waals surface area contributed by atoms with Crippen molar-refractivity contribution in [2.45, 2.75) is 0 Å². The number of pyridine rings is 1. The first kappa shape index (κ1) is 38.0. The first-order chi connectivity index (χ1) is 31.2. The molecule has 0 unspecified atom stereocenters. The van der Waals surface area contributed by atoms with Crippen molar-refractivity contribution in [2.75, 3.05) is 0 Å². The molecular weight excluding hydrogens is 784 g/mol. The lowest BCUT2D eigenvalue weighted by molar-refractivity contribution is 1.07. The minimum absolute atomic E-state index is 0.617. The Morgan fingerprint density at radius 3 is 1.17 bits per heavy atom. The van der Waals surface area contributed by atoms with Gasteiger partial charge in [-0.1, -0.05) is 237 Å². The van der Waals surface area contributed by atoms with Crippen molar-refractivity contribution in [1.82, 2.24) is 19.9 Å². The van der Waals surface area contributed by atoms with Gasteiger partial charge in [0.2, 0.25) is 0 Å². The van der Waals surface area contributed by atoms with Crippen molar-refractivity contribution < 1.29 is 0 Å². The van der Waals surface area contributed by atoms with Crippen molar-refractivity contribution in [3.05, 3.63) is 237 Å². The van der Waals surface area contributed by atoms with E-state index in [1.807, 2.05) is 30.3 Å². The summed E-state index contributed by atoms with van der Waals surface area (Å²) in [5.74, 6) is 1.88. The molecule has 9 aromatic carbocycles. The van der Waals surface area contributed by atoms with Crippen LogP contribution < -0.4 is 15.9 Å². The van der Waals surface area contributed by atoms with E-state index in [1.54, 1.807) is 0 Å². The van der Waals surface area contributed by atoms with Crippen LogP contribution in [0.1, 0.15) is 0 Å². The number of hydrogen-bond acceptors (Lipinski definition) is 4. The van der Waals surface area contributed by atoms with Gasteiger partial charge < -0.3 is 0 Å². The predicted molar refractivity (Wildman–Crippen MR) is 264 cm³/mol. The molecule has 0 N–H and O–H groups in total. The van der Waals surface area contributed by atoms with Crippen LogP contribution in [0.2, 0.25) is 0 Å². The maximum absolute atomic E-state index is 5.48. The lowest BCUT2D eigenvalue weighted by Crippen LogP contribution is -2.20. The Labute approximate surface area is 368 Å². The lowest BCUT2D eigenvalue weighted by atomic mass is 9.91. The molecule has 0 saturated carbocycles. The molecule has 0 saturated heterocycles. The molecule has 11 rings (SSSR count). The van der Waals surface area contributed by atoms with Gasteiger partial charge in [-0.05, 0) is 40.5 Å². The van der Waals surface area contributed by atoms with Crippen LogP contribution in [0.3, 0.4) is 0 Å². The molecule has 0 aliphatic carbocycles. The summed E-state index contributed by atoms with van der Waals surface area (Å²) in [6.45, 7) is 0. The third kappa shape index (κ3) is 7.48. The predicted octanol–water partition coefficient (Wildman–Crippen LogP) is 13.3. The van der Waals surface area contributed by atoms with E-state index in [2.05, 4.69) is 206 Å². The summed E-state index contributed by atoms with van der Waals surface area (Å²) in [6.07, 6.45) is 0. The van der Waals surface area contributed by atoms with Crippen LogP contribution in [0.5, 0.6) is 0 Å². The van der Waals surface area contributed by atoms with Crippen LogP contribution in [0.4, 0.5) is 0 Å². The molecule has 0 radical (unpaired) electrons. The molecular formula is C58H39N4P. The largest absolute Gasteiger partial charge is 0.246 e. The first-order valence-corrected chi connectivity index (χ1v) is 22.5. The number of rotatable bonds is 9. The van der Waals surface area contributed by atoms with Crippen molar-refractivity contribution in [1.29, 1.82) is 0 Å². The number of fused-ring (bicyclic) bond motifs is 3. The van der Waals surface area contributed by atoms with Crippen molar-refractivity contribution >= 4 is 45.5 Å². The molecule has 0 spiro atoms. The molecule has 0 amide bonds. The smallest absolute Gasteiger partial charge is 0.164 e. The monoisotopic (exact) mass is 822 g/mol. The minimum atomic E-state index is -0.739. The fraction of sp³-hybridized carbons (Fsp3) is 0. The second kappa shape index (κ2) is 16.9. The summed E-state index contributed by atoms with van der Waals surface area (Å²) in [7, 11) is -0.739. The van der Waals surface area contributed by atoms with E-state index in [9.17, 15) is 0 Å². The fourth-order valence-corrected chi connectivity index (χ4v) is 10.8. The Balaban J connectivity index is 1.01. The van der Waals surface area contributed by atoms with Gasteiger partial charge in [-0.15, -0.1) is 0 Å². The van der Waals surface area contributed by atoms with Gasteiger partial charge in [0, 0.05) is 44.0 Å². The molecule has 0 bridgehead atoms. The standard InChI is InChI=1S/C58H39N4P/c1-6-18-40(19-7-1)49-28-16-30-51-53(49)52-31-17-29-50(55(52)59-54(51)42-20-8-2-9-21-42)41-32-34-44(35-33-41)57-60-56(43-22-10-3-11-23-43)61-58(62-57)45-36-38-48(39-37-45)63(46-24-12-4-13-25-46)47-26-14-5-15-27-47/h1-39H. The van der Waals surface area contributed by atoms with E-state index in [4.69, 9.17) is 19.9 Å². The molecule has 296 valence electrons. The SMILES string of the molecule is c1ccc(-c2nc(-c3ccc(-c4cccc5c4nc(-c4ccccc4)c4cccc(-c6ccccc6)c45)cc3)nc(-c3ccc(P(c4ccccc4)c4ccccc4)cc3)n2)cc1. The second-order valence-electron chi connectivity index (χ2n) is 15.4. The highest BCUT2D eigenvalue weighted by Gasteiger charge is 2.20. The zero-order chi connectivity index (χ0) is 42.0. The van der Waals surface area contributed by atoms with Crippen LogP contribution in [0.15, 0.2) is 237 Å². The average molecular weight is 823 g/mol. The molecule has 0 aliphatic heterocycles. The minimum Gasteiger partial charge on any atom is -0.246 e. The summed E-state index contributed by atoms with van der Waals surface area (Å²) >= 11 is 0. The summed E-state index contributed by atoms with van der Waals surface area (Å²) in [6, 6.07) is 83.3. The Morgan fingerprint density at radius 2 is 0.635 bits per heavy atom. The molecule has 0 fully saturated rings. The zero-order valence-electron chi connectivity index (χ0n) is 34.3. The van der Waals surface area contributed by atoms with E-state index >= 15 is 0 Å². The maximum atomic E-state index is 5.48. The van der Waals surface area contributed by atoms with E-state index in [0.29, 0.717) is 17.5 Å². The number of benzene rings is 9. The van der Waals surface area contributed by atoms with Gasteiger partial charge in [0.25, 0.3) is 0 Å². The molecule has 2 heterocycles. The molecule has 4 nitrogen and oxygen atoms in total. The van der Waals surface area contributed by atoms with Crippen LogP contribution in [-0.2, 0) is 0 Å².